The average molecular weight is 383 g/mol. The largest absolute Gasteiger partial charge is 0.487 e. The van der Waals surface area contributed by atoms with E-state index in [1.807, 2.05) is 12.1 Å². The molecule has 0 spiro atoms. The quantitative estimate of drug-likeness (QED) is 0.311. The monoisotopic (exact) mass is 383 g/mol. The van der Waals surface area contributed by atoms with Gasteiger partial charge in [-0.3, -0.25) is 14.9 Å². The summed E-state index contributed by atoms with van der Waals surface area (Å²) in [5.74, 6) is -1.03. The van der Waals surface area contributed by atoms with Crippen LogP contribution in [0, 0.1) is 10.1 Å². The highest BCUT2D eigenvalue weighted by molar-refractivity contribution is 6.01. The highest BCUT2D eigenvalue weighted by Crippen LogP contribution is 2.28. The number of carbonyl (C=O) groups is 2. The van der Waals surface area contributed by atoms with Gasteiger partial charge in [0.05, 0.1) is 17.1 Å². The predicted molar refractivity (Wildman–Crippen MR) is 102 cm³/mol. The van der Waals surface area contributed by atoms with Gasteiger partial charge in [-0.1, -0.05) is 12.1 Å². The van der Waals surface area contributed by atoms with Gasteiger partial charge in [0.25, 0.3) is 0 Å². The van der Waals surface area contributed by atoms with Crippen molar-refractivity contribution in [2.24, 2.45) is 0 Å². The van der Waals surface area contributed by atoms with E-state index in [1.165, 1.54) is 24.6 Å². The number of Topliss-reactive ketones (excluding diaryl/α,β-unsaturated/α-hetero) is 1. The summed E-state index contributed by atoms with van der Waals surface area (Å²) in [6.45, 7) is 3.46. The van der Waals surface area contributed by atoms with Gasteiger partial charge in [-0.2, -0.15) is 0 Å². The van der Waals surface area contributed by atoms with Crippen molar-refractivity contribution in [3.63, 3.8) is 0 Å². The van der Waals surface area contributed by atoms with Crippen LogP contribution in [0.2, 0.25) is 0 Å². The first-order chi connectivity index (χ1) is 13.4. The van der Waals surface area contributed by atoms with Gasteiger partial charge in [0, 0.05) is 11.6 Å². The summed E-state index contributed by atoms with van der Waals surface area (Å²) in [6.07, 6.45) is 2.04. The number of hydrogen-bond acceptors (Lipinski definition) is 6. The normalized spacial score (nSPS) is 13.5. The third-order valence-electron chi connectivity index (χ3n) is 4.73. The maximum absolute atomic E-state index is 12.6. The second kappa shape index (κ2) is 8.21. The molecule has 146 valence electrons. The Labute approximate surface area is 162 Å². The zero-order valence-electron chi connectivity index (χ0n) is 15.8. The van der Waals surface area contributed by atoms with Crippen LogP contribution < -0.4 is 4.74 Å². The second-order valence-corrected chi connectivity index (χ2v) is 6.62. The van der Waals surface area contributed by atoms with Crippen LogP contribution in [0.15, 0.2) is 36.4 Å². The summed E-state index contributed by atoms with van der Waals surface area (Å²) in [5, 5.41) is 11.2. The van der Waals surface area contributed by atoms with Crippen LogP contribution in [0.3, 0.4) is 0 Å². The molecule has 1 atom stereocenters. The third kappa shape index (κ3) is 4.03. The van der Waals surface area contributed by atoms with E-state index in [9.17, 15) is 19.7 Å². The van der Waals surface area contributed by atoms with Crippen LogP contribution in [0.4, 0.5) is 5.69 Å². The molecule has 0 saturated heterocycles. The smallest absolute Gasteiger partial charge is 0.339 e. The summed E-state index contributed by atoms with van der Waals surface area (Å²) in [6, 6.07) is 9.38. The fourth-order valence-corrected chi connectivity index (χ4v) is 3.31. The molecular formula is C21H21NO6. The Bertz CT molecular complexity index is 936. The van der Waals surface area contributed by atoms with Gasteiger partial charge in [-0.05, 0) is 62.4 Å². The molecule has 0 bridgehead atoms. The van der Waals surface area contributed by atoms with E-state index in [0.29, 0.717) is 5.56 Å². The molecule has 0 fully saturated rings. The van der Waals surface area contributed by atoms with Gasteiger partial charge < -0.3 is 9.47 Å². The molecule has 2 aromatic carbocycles. The van der Waals surface area contributed by atoms with Crippen LogP contribution in [-0.2, 0) is 17.6 Å². The molecule has 0 heterocycles. The molecule has 7 heteroatoms. The van der Waals surface area contributed by atoms with E-state index < -0.39 is 17.0 Å². The fraction of sp³-hybridized carbons (Fsp3) is 0.333. The maximum atomic E-state index is 12.6. The average Bonchev–Trinajstić information content (AvgIpc) is 3.15. The van der Waals surface area contributed by atoms with Gasteiger partial charge in [0.2, 0.25) is 5.78 Å². The van der Waals surface area contributed by atoms with E-state index in [1.54, 1.807) is 13.0 Å². The fourth-order valence-electron chi connectivity index (χ4n) is 3.31. The molecular weight excluding hydrogens is 362 g/mol. The lowest BCUT2D eigenvalue weighted by molar-refractivity contribution is -0.385. The number of benzene rings is 2. The van der Waals surface area contributed by atoms with Gasteiger partial charge in [-0.25, -0.2) is 4.79 Å². The summed E-state index contributed by atoms with van der Waals surface area (Å²) in [5.41, 5.74) is 2.57. The number of esters is 1. The van der Waals surface area contributed by atoms with Crippen LogP contribution in [0.25, 0.3) is 0 Å². The van der Waals surface area contributed by atoms with Gasteiger partial charge >= 0.3 is 11.7 Å². The molecule has 0 aromatic heterocycles. The van der Waals surface area contributed by atoms with Gasteiger partial charge in [-0.15, -0.1) is 0 Å². The first-order valence-electron chi connectivity index (χ1n) is 9.19. The van der Waals surface area contributed by atoms with Crippen molar-refractivity contribution in [2.45, 2.75) is 39.2 Å². The molecule has 2 aromatic rings. The summed E-state index contributed by atoms with van der Waals surface area (Å²) in [4.78, 5) is 35.6. The van der Waals surface area contributed by atoms with E-state index in [-0.39, 0.29) is 29.4 Å². The second-order valence-electron chi connectivity index (χ2n) is 6.62. The molecule has 1 aliphatic carbocycles. The maximum Gasteiger partial charge on any atom is 0.339 e. The van der Waals surface area contributed by atoms with Crippen molar-refractivity contribution in [2.75, 3.05) is 6.61 Å². The molecule has 1 aliphatic rings. The number of nitrogens with zero attached hydrogens (tertiary/aromatic N) is 1. The Morgan fingerprint density at radius 1 is 1.11 bits per heavy atom. The van der Waals surface area contributed by atoms with Crippen molar-refractivity contribution < 1.29 is 24.0 Å². The first kappa shape index (κ1) is 19.5. The molecule has 0 amide bonds. The molecule has 0 aliphatic heterocycles. The topological polar surface area (TPSA) is 95.7 Å². The Morgan fingerprint density at radius 3 is 2.54 bits per heavy atom. The number of nitro groups is 1. The van der Waals surface area contributed by atoms with Crippen molar-refractivity contribution in [1.82, 2.24) is 0 Å². The standard InChI is InChI=1S/C21H21NO6/c1-3-27-19-10-9-17(12-18(19)22(25)26)21(24)28-13(2)20(23)16-8-7-14-5-4-6-15(14)11-16/h7-13H,3-6H2,1-2H3/t13-/m0/s1. The van der Waals surface area contributed by atoms with Crippen LogP contribution in [-0.4, -0.2) is 29.4 Å². The number of rotatable bonds is 7. The number of fused-ring (bicyclic) bond motifs is 1. The van der Waals surface area contributed by atoms with E-state index >= 15 is 0 Å². The Hall–Kier alpha value is -3.22. The molecule has 0 N–H and O–H groups in total. The summed E-state index contributed by atoms with van der Waals surface area (Å²) < 4.78 is 10.5. The number of ketones is 1. The molecule has 0 saturated carbocycles. The zero-order valence-corrected chi connectivity index (χ0v) is 15.8. The number of aryl methyl sites for hydroxylation is 2. The Morgan fingerprint density at radius 2 is 1.82 bits per heavy atom. The molecule has 0 unspecified atom stereocenters. The minimum absolute atomic E-state index is 0.0104. The van der Waals surface area contributed by atoms with Crippen molar-refractivity contribution in [3.05, 3.63) is 68.8 Å². The van der Waals surface area contributed by atoms with Crippen molar-refractivity contribution in [1.29, 1.82) is 0 Å². The Kier molecular flexibility index (Phi) is 5.73. The number of hydrogen-bond donors (Lipinski definition) is 0. The molecule has 3 rings (SSSR count). The number of nitro benzene ring substituents is 1. The van der Waals surface area contributed by atoms with Crippen molar-refractivity contribution in [3.8, 4) is 5.75 Å². The zero-order chi connectivity index (χ0) is 20.3. The lowest BCUT2D eigenvalue weighted by atomic mass is 10.0. The van der Waals surface area contributed by atoms with E-state index in [4.69, 9.17) is 9.47 Å². The van der Waals surface area contributed by atoms with Gasteiger partial charge in [0.15, 0.2) is 11.9 Å². The van der Waals surface area contributed by atoms with E-state index in [0.717, 1.165) is 30.9 Å². The molecule has 7 nitrogen and oxygen atoms in total. The predicted octanol–water partition coefficient (Wildman–Crippen LogP) is 3.91. The van der Waals surface area contributed by atoms with Crippen molar-refractivity contribution >= 4 is 17.4 Å². The number of ether oxygens (including phenoxy) is 2. The third-order valence-corrected chi connectivity index (χ3v) is 4.73. The number of carbonyl (C=O) groups excluding carboxylic acids is 2. The minimum Gasteiger partial charge on any atom is -0.487 e. The SMILES string of the molecule is CCOc1ccc(C(=O)O[C@@H](C)C(=O)c2ccc3c(c2)CCC3)cc1[N+](=O)[O-]. The van der Waals surface area contributed by atoms with Crippen LogP contribution in [0.5, 0.6) is 5.75 Å². The van der Waals surface area contributed by atoms with Gasteiger partial charge in [0.1, 0.15) is 0 Å². The minimum atomic E-state index is -1.00. The van der Waals surface area contributed by atoms with E-state index in [2.05, 4.69) is 0 Å². The molecule has 28 heavy (non-hydrogen) atoms. The lowest BCUT2D eigenvalue weighted by Crippen LogP contribution is -2.24. The Balaban J connectivity index is 1.74. The summed E-state index contributed by atoms with van der Waals surface area (Å²) >= 11 is 0. The highest BCUT2D eigenvalue weighted by Gasteiger charge is 2.24. The molecule has 0 radical (unpaired) electrons. The van der Waals surface area contributed by atoms with Crippen LogP contribution in [0.1, 0.15) is 52.1 Å². The highest BCUT2D eigenvalue weighted by atomic mass is 16.6. The summed E-state index contributed by atoms with van der Waals surface area (Å²) in [7, 11) is 0. The lowest BCUT2D eigenvalue weighted by Gasteiger charge is -2.13. The first-order valence-corrected chi connectivity index (χ1v) is 9.19. The van der Waals surface area contributed by atoms with Crippen LogP contribution >= 0.6 is 0 Å².